The molecule has 1 atom stereocenters. The van der Waals surface area contributed by atoms with E-state index in [9.17, 15) is 4.39 Å². The van der Waals surface area contributed by atoms with Crippen LogP contribution in [0.1, 0.15) is 24.1 Å². The first-order valence-electron chi connectivity index (χ1n) is 6.34. The molecule has 0 aliphatic heterocycles. The highest BCUT2D eigenvalue weighted by Gasteiger charge is 2.08. The van der Waals surface area contributed by atoms with Crippen LogP contribution in [-0.4, -0.2) is 7.05 Å². The largest absolute Gasteiger partial charge is 0.313 e. The van der Waals surface area contributed by atoms with E-state index in [4.69, 9.17) is 0 Å². The van der Waals surface area contributed by atoms with Gasteiger partial charge in [-0.3, -0.25) is 0 Å². The van der Waals surface area contributed by atoms with Gasteiger partial charge in [0.05, 0.1) is 0 Å². The lowest BCUT2D eigenvalue weighted by Gasteiger charge is -2.12. The minimum Gasteiger partial charge on any atom is -0.313 e. The van der Waals surface area contributed by atoms with Crippen molar-refractivity contribution in [2.45, 2.75) is 23.6 Å². The van der Waals surface area contributed by atoms with Crippen molar-refractivity contribution in [1.29, 1.82) is 0 Å². The topological polar surface area (TPSA) is 12.0 Å². The van der Waals surface area contributed by atoms with Crippen molar-refractivity contribution in [3.8, 4) is 0 Å². The van der Waals surface area contributed by atoms with Gasteiger partial charge in [-0.1, -0.05) is 36.4 Å². The number of benzene rings is 2. The first-order chi connectivity index (χ1) is 9.20. The van der Waals surface area contributed by atoms with Crippen LogP contribution in [-0.2, 0) is 5.75 Å². The smallest absolute Gasteiger partial charge is 0.137 e. The molecule has 100 valence electrons. The van der Waals surface area contributed by atoms with Gasteiger partial charge in [-0.2, -0.15) is 0 Å². The van der Waals surface area contributed by atoms with Crippen LogP contribution in [0, 0.1) is 5.82 Å². The third kappa shape index (κ3) is 3.82. The van der Waals surface area contributed by atoms with Gasteiger partial charge in [0.25, 0.3) is 0 Å². The van der Waals surface area contributed by atoms with Crippen LogP contribution in [0.2, 0.25) is 0 Å². The summed E-state index contributed by atoms with van der Waals surface area (Å²) in [6.07, 6.45) is 0. The summed E-state index contributed by atoms with van der Waals surface area (Å²) in [5.41, 5.74) is 2.18. The van der Waals surface area contributed by atoms with Gasteiger partial charge >= 0.3 is 0 Å². The highest BCUT2D eigenvalue weighted by molar-refractivity contribution is 7.98. The Balaban J connectivity index is 2.05. The minimum atomic E-state index is -0.138. The number of hydrogen-bond acceptors (Lipinski definition) is 2. The van der Waals surface area contributed by atoms with Gasteiger partial charge in [0.1, 0.15) is 5.82 Å². The van der Waals surface area contributed by atoms with Gasteiger partial charge in [-0.25, -0.2) is 4.39 Å². The van der Waals surface area contributed by atoms with Gasteiger partial charge in [-0.15, -0.1) is 11.8 Å². The second-order valence-electron chi connectivity index (χ2n) is 4.47. The van der Waals surface area contributed by atoms with Crippen LogP contribution in [0.25, 0.3) is 0 Å². The third-order valence-corrected chi connectivity index (χ3v) is 4.25. The normalized spacial score (nSPS) is 12.4. The van der Waals surface area contributed by atoms with Crippen molar-refractivity contribution in [2.75, 3.05) is 7.05 Å². The Morgan fingerprint density at radius 1 is 1.16 bits per heavy atom. The number of thioether (sulfide) groups is 1. The second-order valence-corrected chi connectivity index (χ2v) is 5.49. The van der Waals surface area contributed by atoms with Crippen molar-refractivity contribution >= 4 is 11.8 Å². The molecule has 1 unspecified atom stereocenters. The molecule has 0 fully saturated rings. The van der Waals surface area contributed by atoms with E-state index in [-0.39, 0.29) is 11.9 Å². The summed E-state index contributed by atoms with van der Waals surface area (Å²) >= 11 is 1.53. The maximum absolute atomic E-state index is 14.0. The van der Waals surface area contributed by atoms with Crippen LogP contribution < -0.4 is 5.32 Å². The third-order valence-electron chi connectivity index (χ3n) is 3.13. The quantitative estimate of drug-likeness (QED) is 0.812. The molecule has 0 amide bonds. The molecule has 0 aromatic heterocycles. The molecule has 0 aliphatic carbocycles. The Hall–Kier alpha value is -1.32. The summed E-state index contributed by atoms with van der Waals surface area (Å²) < 4.78 is 14.0. The van der Waals surface area contributed by atoms with Crippen molar-refractivity contribution in [1.82, 2.24) is 5.32 Å². The molecule has 19 heavy (non-hydrogen) atoms. The fourth-order valence-electron chi connectivity index (χ4n) is 1.81. The van der Waals surface area contributed by atoms with E-state index >= 15 is 0 Å². The lowest BCUT2D eigenvalue weighted by atomic mass is 10.1. The molecule has 2 rings (SSSR count). The lowest BCUT2D eigenvalue weighted by Crippen LogP contribution is -2.12. The SMILES string of the molecule is CNC(C)c1ccc(SCc2ccccc2)c(F)c1. The summed E-state index contributed by atoms with van der Waals surface area (Å²) in [5, 5.41) is 3.11. The molecule has 2 aromatic carbocycles. The van der Waals surface area contributed by atoms with E-state index < -0.39 is 0 Å². The Morgan fingerprint density at radius 3 is 2.53 bits per heavy atom. The van der Waals surface area contributed by atoms with E-state index in [2.05, 4.69) is 17.4 Å². The zero-order valence-corrected chi connectivity index (χ0v) is 12.0. The zero-order valence-electron chi connectivity index (χ0n) is 11.2. The first kappa shape index (κ1) is 14.1. The summed E-state index contributed by atoms with van der Waals surface area (Å²) in [5.74, 6) is 0.652. The van der Waals surface area contributed by atoms with Crippen molar-refractivity contribution < 1.29 is 4.39 Å². The summed E-state index contributed by atoms with van der Waals surface area (Å²) in [4.78, 5) is 0.705. The predicted molar refractivity (Wildman–Crippen MR) is 79.9 cm³/mol. The fraction of sp³-hybridized carbons (Fsp3) is 0.250. The van der Waals surface area contributed by atoms with Crippen LogP contribution >= 0.6 is 11.8 Å². The van der Waals surface area contributed by atoms with E-state index in [1.165, 1.54) is 17.3 Å². The van der Waals surface area contributed by atoms with Crippen molar-refractivity contribution in [3.63, 3.8) is 0 Å². The van der Waals surface area contributed by atoms with Crippen LogP contribution in [0.3, 0.4) is 0 Å². The Labute approximate surface area is 118 Å². The standard InChI is InChI=1S/C16H18FNS/c1-12(18-2)14-8-9-16(15(17)10-14)19-11-13-6-4-3-5-7-13/h3-10,12,18H,11H2,1-2H3. The molecule has 0 aliphatic rings. The molecule has 2 aromatic rings. The first-order valence-corrected chi connectivity index (χ1v) is 7.32. The maximum atomic E-state index is 14.0. The highest BCUT2D eigenvalue weighted by Crippen LogP contribution is 2.27. The Bertz CT molecular complexity index is 528. The monoisotopic (exact) mass is 275 g/mol. The molecular weight excluding hydrogens is 257 g/mol. The van der Waals surface area contributed by atoms with Gasteiger partial charge in [0.2, 0.25) is 0 Å². The average Bonchev–Trinajstić information content (AvgIpc) is 2.46. The predicted octanol–water partition coefficient (Wildman–Crippen LogP) is 4.40. The number of nitrogens with one attached hydrogen (secondary N) is 1. The zero-order chi connectivity index (χ0) is 13.7. The minimum absolute atomic E-state index is 0.138. The fourth-order valence-corrected chi connectivity index (χ4v) is 2.68. The van der Waals surface area contributed by atoms with E-state index in [1.807, 2.05) is 44.3 Å². The number of halogens is 1. The Morgan fingerprint density at radius 2 is 1.89 bits per heavy atom. The molecule has 0 radical (unpaired) electrons. The van der Waals surface area contributed by atoms with Crippen LogP contribution in [0.5, 0.6) is 0 Å². The molecule has 0 spiro atoms. The summed E-state index contributed by atoms with van der Waals surface area (Å²) in [7, 11) is 1.88. The van der Waals surface area contributed by atoms with E-state index in [0.29, 0.717) is 4.90 Å². The molecule has 0 saturated heterocycles. The van der Waals surface area contributed by atoms with E-state index in [1.54, 1.807) is 6.07 Å². The molecule has 0 heterocycles. The van der Waals surface area contributed by atoms with Crippen molar-refractivity contribution in [3.05, 3.63) is 65.5 Å². The van der Waals surface area contributed by atoms with E-state index in [0.717, 1.165) is 11.3 Å². The lowest BCUT2D eigenvalue weighted by molar-refractivity contribution is 0.587. The number of hydrogen-bond donors (Lipinski definition) is 1. The molecule has 0 saturated carbocycles. The van der Waals surface area contributed by atoms with Gasteiger partial charge in [-0.05, 0) is 37.2 Å². The van der Waals surface area contributed by atoms with Crippen LogP contribution in [0.4, 0.5) is 4.39 Å². The molecule has 0 bridgehead atoms. The summed E-state index contributed by atoms with van der Waals surface area (Å²) in [6.45, 7) is 2.02. The molecule has 3 heteroatoms. The maximum Gasteiger partial charge on any atom is 0.137 e. The second kappa shape index (κ2) is 6.73. The molecule has 1 nitrogen and oxygen atoms in total. The van der Waals surface area contributed by atoms with Crippen molar-refractivity contribution in [2.24, 2.45) is 0 Å². The Kier molecular flexibility index (Phi) is 5.00. The number of rotatable bonds is 5. The average molecular weight is 275 g/mol. The van der Waals surface area contributed by atoms with Gasteiger partial charge in [0.15, 0.2) is 0 Å². The highest BCUT2D eigenvalue weighted by atomic mass is 32.2. The van der Waals surface area contributed by atoms with Gasteiger partial charge < -0.3 is 5.32 Å². The molecular formula is C16H18FNS. The summed E-state index contributed by atoms with van der Waals surface area (Å²) in [6, 6.07) is 15.8. The molecule has 1 N–H and O–H groups in total. The van der Waals surface area contributed by atoms with Crippen LogP contribution in [0.15, 0.2) is 53.4 Å². The van der Waals surface area contributed by atoms with Gasteiger partial charge in [0, 0.05) is 16.7 Å².